The van der Waals surface area contributed by atoms with Crippen LogP contribution in [0.15, 0.2) is 18.2 Å². The molecule has 6 heteroatoms. The Labute approximate surface area is 117 Å². The Kier molecular flexibility index (Phi) is 7.74. The summed E-state index contributed by atoms with van der Waals surface area (Å²) in [6.45, 7) is 4.00. The molecular formula is C13H19ClFNO3. The average molecular weight is 292 g/mol. The van der Waals surface area contributed by atoms with Crippen LogP contribution in [0.4, 0.5) is 10.1 Å². The summed E-state index contributed by atoms with van der Waals surface area (Å²) in [5.41, 5.74) is 0.580. The van der Waals surface area contributed by atoms with Crippen molar-refractivity contribution in [2.45, 2.75) is 13.0 Å². The predicted octanol–water partition coefficient (Wildman–Crippen LogP) is 2.30. The van der Waals surface area contributed by atoms with Crippen molar-refractivity contribution < 1.29 is 19.0 Å². The minimum absolute atomic E-state index is 0.207. The Morgan fingerprint density at radius 3 is 2.79 bits per heavy atom. The highest BCUT2D eigenvalue weighted by molar-refractivity contribution is 6.33. The van der Waals surface area contributed by atoms with Gasteiger partial charge in [0.2, 0.25) is 0 Å². The fourth-order valence-electron chi connectivity index (χ4n) is 1.40. The molecule has 0 radical (unpaired) electrons. The van der Waals surface area contributed by atoms with Crippen molar-refractivity contribution in [3.63, 3.8) is 0 Å². The van der Waals surface area contributed by atoms with Gasteiger partial charge in [0, 0.05) is 13.2 Å². The van der Waals surface area contributed by atoms with Crippen LogP contribution in [-0.2, 0) is 9.47 Å². The van der Waals surface area contributed by atoms with Crippen LogP contribution in [-0.4, -0.2) is 44.2 Å². The summed E-state index contributed by atoms with van der Waals surface area (Å²) in [4.78, 5) is 0. The standard InChI is InChI=1S/C13H19ClFNO3/c1-2-18-5-6-19-9-11(17)8-16-13-4-3-10(15)7-12(13)14/h3-4,7,11,16-17H,2,5-6,8-9H2,1H3. The number of ether oxygens (including phenoxy) is 2. The molecule has 0 bridgehead atoms. The zero-order chi connectivity index (χ0) is 14.1. The van der Waals surface area contributed by atoms with Gasteiger partial charge in [-0.2, -0.15) is 0 Å². The van der Waals surface area contributed by atoms with E-state index in [1.54, 1.807) is 0 Å². The summed E-state index contributed by atoms with van der Waals surface area (Å²) in [6, 6.07) is 4.05. The first-order chi connectivity index (χ1) is 9.13. The minimum atomic E-state index is -0.664. The second-order valence-electron chi connectivity index (χ2n) is 3.93. The normalized spacial score (nSPS) is 12.4. The SMILES string of the molecule is CCOCCOCC(O)CNc1ccc(F)cc1Cl. The lowest BCUT2D eigenvalue weighted by Crippen LogP contribution is -2.25. The van der Waals surface area contributed by atoms with Gasteiger partial charge in [0.25, 0.3) is 0 Å². The van der Waals surface area contributed by atoms with Crippen molar-refractivity contribution in [2.24, 2.45) is 0 Å². The third kappa shape index (κ3) is 6.73. The molecule has 0 aliphatic rings. The Hall–Kier alpha value is -0.880. The van der Waals surface area contributed by atoms with E-state index in [-0.39, 0.29) is 18.2 Å². The molecule has 1 aromatic rings. The van der Waals surface area contributed by atoms with Crippen LogP contribution in [0.25, 0.3) is 0 Å². The summed E-state index contributed by atoms with van der Waals surface area (Å²) < 4.78 is 23.1. The number of benzene rings is 1. The first-order valence-electron chi connectivity index (χ1n) is 6.16. The number of rotatable bonds is 9. The van der Waals surface area contributed by atoms with Crippen molar-refractivity contribution in [2.75, 3.05) is 38.3 Å². The maximum absolute atomic E-state index is 12.8. The lowest BCUT2D eigenvalue weighted by atomic mass is 10.3. The van der Waals surface area contributed by atoms with Gasteiger partial charge < -0.3 is 19.9 Å². The number of halogens is 2. The number of nitrogens with one attached hydrogen (secondary N) is 1. The molecule has 1 atom stereocenters. The van der Waals surface area contributed by atoms with E-state index in [0.717, 1.165) is 0 Å². The van der Waals surface area contributed by atoms with E-state index in [1.807, 2.05) is 6.92 Å². The Morgan fingerprint density at radius 2 is 2.11 bits per heavy atom. The molecule has 4 nitrogen and oxygen atoms in total. The largest absolute Gasteiger partial charge is 0.389 e. The molecule has 0 saturated carbocycles. The van der Waals surface area contributed by atoms with Crippen LogP contribution in [0.5, 0.6) is 0 Å². The van der Waals surface area contributed by atoms with E-state index in [9.17, 15) is 9.50 Å². The van der Waals surface area contributed by atoms with Crippen molar-refractivity contribution in [3.05, 3.63) is 29.0 Å². The fraction of sp³-hybridized carbons (Fsp3) is 0.538. The number of aliphatic hydroxyl groups excluding tert-OH is 1. The monoisotopic (exact) mass is 291 g/mol. The maximum Gasteiger partial charge on any atom is 0.124 e. The van der Waals surface area contributed by atoms with Crippen LogP contribution in [0.2, 0.25) is 5.02 Å². The van der Waals surface area contributed by atoms with Gasteiger partial charge in [-0.3, -0.25) is 0 Å². The first-order valence-corrected chi connectivity index (χ1v) is 6.53. The Balaban J connectivity index is 2.20. The van der Waals surface area contributed by atoms with Crippen molar-refractivity contribution in [3.8, 4) is 0 Å². The van der Waals surface area contributed by atoms with E-state index < -0.39 is 11.9 Å². The van der Waals surface area contributed by atoms with Crippen LogP contribution in [0, 0.1) is 5.82 Å². The number of anilines is 1. The highest BCUT2D eigenvalue weighted by Crippen LogP contribution is 2.22. The summed E-state index contributed by atoms with van der Waals surface area (Å²) >= 11 is 5.84. The van der Waals surface area contributed by atoms with E-state index in [4.69, 9.17) is 21.1 Å². The summed E-state index contributed by atoms with van der Waals surface area (Å²) in [5, 5.41) is 12.9. The Morgan fingerprint density at radius 1 is 1.37 bits per heavy atom. The molecule has 19 heavy (non-hydrogen) atoms. The molecule has 2 N–H and O–H groups in total. The number of hydrogen-bond donors (Lipinski definition) is 2. The molecular weight excluding hydrogens is 273 g/mol. The van der Waals surface area contributed by atoms with Crippen molar-refractivity contribution >= 4 is 17.3 Å². The second kappa shape index (κ2) is 9.09. The fourth-order valence-corrected chi connectivity index (χ4v) is 1.64. The van der Waals surface area contributed by atoms with Crippen LogP contribution in [0.3, 0.4) is 0 Å². The maximum atomic E-state index is 12.8. The molecule has 1 unspecified atom stereocenters. The Bertz CT molecular complexity index is 379. The molecule has 0 aliphatic heterocycles. The first kappa shape index (κ1) is 16.2. The van der Waals surface area contributed by atoms with Crippen LogP contribution < -0.4 is 5.32 Å². The lowest BCUT2D eigenvalue weighted by Gasteiger charge is -2.14. The summed E-state index contributed by atoms with van der Waals surface area (Å²) in [6.07, 6.45) is -0.664. The van der Waals surface area contributed by atoms with E-state index in [0.29, 0.717) is 25.5 Å². The summed E-state index contributed by atoms with van der Waals surface area (Å²) in [7, 11) is 0. The van der Waals surface area contributed by atoms with E-state index >= 15 is 0 Å². The topological polar surface area (TPSA) is 50.7 Å². The molecule has 1 rings (SSSR count). The van der Waals surface area contributed by atoms with Gasteiger partial charge in [-0.1, -0.05) is 11.6 Å². The zero-order valence-corrected chi connectivity index (χ0v) is 11.6. The summed E-state index contributed by atoms with van der Waals surface area (Å²) in [5.74, 6) is -0.393. The van der Waals surface area contributed by atoms with Gasteiger partial charge in [0.1, 0.15) is 5.82 Å². The van der Waals surface area contributed by atoms with Crippen molar-refractivity contribution in [1.29, 1.82) is 0 Å². The van der Waals surface area contributed by atoms with Crippen LogP contribution >= 0.6 is 11.6 Å². The van der Waals surface area contributed by atoms with E-state index in [1.165, 1.54) is 18.2 Å². The smallest absolute Gasteiger partial charge is 0.124 e. The lowest BCUT2D eigenvalue weighted by molar-refractivity contribution is 0.0103. The van der Waals surface area contributed by atoms with Gasteiger partial charge >= 0.3 is 0 Å². The number of aliphatic hydroxyl groups is 1. The molecule has 0 spiro atoms. The van der Waals surface area contributed by atoms with Crippen molar-refractivity contribution in [1.82, 2.24) is 0 Å². The molecule has 0 aromatic heterocycles. The van der Waals surface area contributed by atoms with Gasteiger partial charge in [0.15, 0.2) is 0 Å². The van der Waals surface area contributed by atoms with Crippen LogP contribution in [0.1, 0.15) is 6.92 Å². The molecule has 0 fully saturated rings. The molecule has 0 aliphatic carbocycles. The average Bonchev–Trinajstić information content (AvgIpc) is 2.37. The molecule has 1 aromatic carbocycles. The zero-order valence-electron chi connectivity index (χ0n) is 10.9. The van der Waals surface area contributed by atoms with Gasteiger partial charge in [0.05, 0.1) is 36.6 Å². The second-order valence-corrected chi connectivity index (χ2v) is 4.34. The quantitative estimate of drug-likeness (QED) is 0.686. The molecule has 108 valence electrons. The van der Waals surface area contributed by atoms with E-state index in [2.05, 4.69) is 5.32 Å². The van der Waals surface area contributed by atoms with Gasteiger partial charge in [-0.25, -0.2) is 4.39 Å². The molecule has 0 amide bonds. The highest BCUT2D eigenvalue weighted by atomic mass is 35.5. The molecule has 0 heterocycles. The third-order valence-electron chi connectivity index (χ3n) is 2.35. The predicted molar refractivity (Wildman–Crippen MR) is 73.2 cm³/mol. The van der Waals surface area contributed by atoms with Gasteiger partial charge in [-0.05, 0) is 25.1 Å². The molecule has 0 saturated heterocycles. The minimum Gasteiger partial charge on any atom is -0.389 e. The van der Waals surface area contributed by atoms with Gasteiger partial charge in [-0.15, -0.1) is 0 Å². The number of hydrogen-bond acceptors (Lipinski definition) is 4. The third-order valence-corrected chi connectivity index (χ3v) is 2.66. The highest BCUT2D eigenvalue weighted by Gasteiger charge is 2.06.